The Morgan fingerprint density at radius 3 is 2.89 bits per heavy atom. The van der Waals surface area contributed by atoms with Gasteiger partial charge in [-0.2, -0.15) is 0 Å². The van der Waals surface area contributed by atoms with Crippen LogP contribution < -0.4 is 11.3 Å². The Morgan fingerprint density at radius 1 is 1.39 bits per heavy atom. The molecule has 3 N–H and O–H groups in total. The third-order valence-corrected chi connectivity index (χ3v) is 2.89. The molecule has 0 radical (unpaired) electrons. The zero-order chi connectivity index (χ0) is 13.2. The molecule has 1 heterocycles. The summed E-state index contributed by atoms with van der Waals surface area (Å²) < 4.78 is 7.68. The fourth-order valence-electron chi connectivity index (χ4n) is 1.91. The molecule has 1 rings (SSSR count). The van der Waals surface area contributed by atoms with Gasteiger partial charge in [0.05, 0.1) is 0 Å². The molecule has 0 fully saturated rings. The van der Waals surface area contributed by atoms with Crippen molar-refractivity contribution in [3.8, 4) is 0 Å². The summed E-state index contributed by atoms with van der Waals surface area (Å²) in [6.07, 6.45) is 7.81. The highest BCUT2D eigenvalue weighted by Crippen LogP contribution is 2.05. The normalized spacial score (nSPS) is 12.8. The Balaban J connectivity index is 2.39. The molecule has 1 atom stereocenters. The average Bonchev–Trinajstić information content (AvgIpc) is 2.81. The van der Waals surface area contributed by atoms with E-state index < -0.39 is 0 Å². The van der Waals surface area contributed by atoms with Crippen LogP contribution in [0.2, 0.25) is 0 Å². The predicted octanol–water partition coefficient (Wildman–Crippen LogP) is 1.48. The highest BCUT2D eigenvalue weighted by Gasteiger charge is 2.11. The Morgan fingerprint density at radius 2 is 2.22 bits per heavy atom. The van der Waals surface area contributed by atoms with Gasteiger partial charge in [0, 0.05) is 44.6 Å². The molecule has 0 spiro atoms. The maximum Gasteiger partial charge on any atom is 0.110 e. The predicted molar refractivity (Wildman–Crippen MR) is 73.1 cm³/mol. The van der Waals surface area contributed by atoms with Gasteiger partial charge in [0.25, 0.3) is 0 Å². The summed E-state index contributed by atoms with van der Waals surface area (Å²) >= 11 is 0. The van der Waals surface area contributed by atoms with Crippen LogP contribution in [0, 0.1) is 0 Å². The van der Waals surface area contributed by atoms with E-state index in [1.54, 1.807) is 0 Å². The molecule has 104 valence electrons. The van der Waals surface area contributed by atoms with E-state index in [0.29, 0.717) is 0 Å². The number of hydrogen-bond acceptors (Lipinski definition) is 4. The van der Waals surface area contributed by atoms with Crippen molar-refractivity contribution in [1.82, 2.24) is 15.0 Å². The standard InChI is InChI=1S/C13H26N4O/c1-3-7-17-8-6-15-13(17)11-12(16-14)5-10-18-9-4-2/h6,8,12,16H,3-5,7,9-11,14H2,1-2H3. The molecule has 0 saturated heterocycles. The van der Waals surface area contributed by atoms with Crippen LogP contribution in [0.25, 0.3) is 0 Å². The van der Waals surface area contributed by atoms with Gasteiger partial charge in [-0.05, 0) is 19.3 Å². The van der Waals surface area contributed by atoms with Gasteiger partial charge in [0.1, 0.15) is 5.82 Å². The molecule has 5 heteroatoms. The number of hydrogen-bond donors (Lipinski definition) is 2. The lowest BCUT2D eigenvalue weighted by atomic mass is 10.1. The molecule has 0 saturated carbocycles. The van der Waals surface area contributed by atoms with Crippen molar-refractivity contribution in [2.75, 3.05) is 13.2 Å². The maximum absolute atomic E-state index is 5.59. The van der Waals surface area contributed by atoms with Gasteiger partial charge in [-0.3, -0.25) is 11.3 Å². The SMILES string of the molecule is CCCOCCC(Cc1nccn1CCC)NN. The summed E-state index contributed by atoms with van der Waals surface area (Å²) in [4.78, 5) is 4.39. The van der Waals surface area contributed by atoms with E-state index in [1.807, 2.05) is 12.4 Å². The van der Waals surface area contributed by atoms with Crippen molar-refractivity contribution in [1.29, 1.82) is 0 Å². The van der Waals surface area contributed by atoms with E-state index in [9.17, 15) is 0 Å². The van der Waals surface area contributed by atoms with Crippen LogP contribution in [0.3, 0.4) is 0 Å². The van der Waals surface area contributed by atoms with Gasteiger partial charge >= 0.3 is 0 Å². The lowest BCUT2D eigenvalue weighted by molar-refractivity contribution is 0.124. The maximum atomic E-state index is 5.59. The van der Waals surface area contributed by atoms with Crippen LogP contribution in [-0.4, -0.2) is 28.8 Å². The molecule has 5 nitrogen and oxygen atoms in total. The van der Waals surface area contributed by atoms with Crippen LogP contribution in [-0.2, 0) is 17.7 Å². The number of aryl methyl sites for hydroxylation is 1. The first kappa shape index (κ1) is 15.1. The lowest BCUT2D eigenvalue weighted by Crippen LogP contribution is -2.38. The summed E-state index contributed by atoms with van der Waals surface area (Å²) in [5.74, 6) is 6.68. The second kappa shape index (κ2) is 9.08. The van der Waals surface area contributed by atoms with Crippen molar-refractivity contribution in [2.24, 2.45) is 5.84 Å². The first-order valence-corrected chi connectivity index (χ1v) is 6.85. The van der Waals surface area contributed by atoms with Crippen LogP contribution in [0.4, 0.5) is 0 Å². The third kappa shape index (κ3) is 5.16. The van der Waals surface area contributed by atoms with Gasteiger partial charge < -0.3 is 9.30 Å². The summed E-state index contributed by atoms with van der Waals surface area (Å²) in [5.41, 5.74) is 2.85. The topological polar surface area (TPSA) is 65.1 Å². The highest BCUT2D eigenvalue weighted by molar-refractivity contribution is 4.95. The van der Waals surface area contributed by atoms with Gasteiger partial charge in [-0.1, -0.05) is 13.8 Å². The summed E-state index contributed by atoms with van der Waals surface area (Å²) in [7, 11) is 0. The van der Waals surface area contributed by atoms with Crippen molar-refractivity contribution in [3.05, 3.63) is 18.2 Å². The van der Waals surface area contributed by atoms with E-state index in [4.69, 9.17) is 10.6 Å². The van der Waals surface area contributed by atoms with E-state index in [2.05, 4.69) is 28.8 Å². The molecule has 0 aliphatic heterocycles. The zero-order valence-electron chi connectivity index (χ0n) is 11.6. The Kier molecular flexibility index (Phi) is 7.64. The van der Waals surface area contributed by atoms with Crippen molar-refractivity contribution >= 4 is 0 Å². The fraction of sp³-hybridized carbons (Fsp3) is 0.769. The molecule has 18 heavy (non-hydrogen) atoms. The van der Waals surface area contributed by atoms with Gasteiger partial charge in [-0.15, -0.1) is 0 Å². The number of nitrogens with two attached hydrogens (primary N) is 1. The molecule has 0 aliphatic carbocycles. The second-order valence-electron chi connectivity index (χ2n) is 4.51. The minimum absolute atomic E-state index is 0.222. The van der Waals surface area contributed by atoms with E-state index in [0.717, 1.165) is 51.3 Å². The number of nitrogens with zero attached hydrogens (tertiary/aromatic N) is 2. The van der Waals surface area contributed by atoms with Crippen LogP contribution in [0.5, 0.6) is 0 Å². The monoisotopic (exact) mass is 254 g/mol. The molecule has 1 unspecified atom stereocenters. The smallest absolute Gasteiger partial charge is 0.110 e. The number of hydrazine groups is 1. The number of ether oxygens (including phenoxy) is 1. The van der Waals surface area contributed by atoms with Crippen molar-refractivity contribution in [2.45, 2.75) is 52.1 Å². The highest BCUT2D eigenvalue weighted by atomic mass is 16.5. The first-order valence-electron chi connectivity index (χ1n) is 6.85. The van der Waals surface area contributed by atoms with E-state index >= 15 is 0 Å². The molecule has 0 amide bonds. The van der Waals surface area contributed by atoms with Crippen molar-refractivity contribution in [3.63, 3.8) is 0 Å². The molecular formula is C13H26N4O. The summed E-state index contributed by atoms with van der Waals surface area (Å²) in [6, 6.07) is 0.222. The third-order valence-electron chi connectivity index (χ3n) is 2.89. The molecular weight excluding hydrogens is 228 g/mol. The molecule has 0 aromatic carbocycles. The number of imidazole rings is 1. The Hall–Kier alpha value is -0.910. The quantitative estimate of drug-likeness (QED) is 0.377. The van der Waals surface area contributed by atoms with Crippen LogP contribution >= 0.6 is 0 Å². The fourth-order valence-corrected chi connectivity index (χ4v) is 1.91. The van der Waals surface area contributed by atoms with Gasteiger partial charge in [-0.25, -0.2) is 4.98 Å². The van der Waals surface area contributed by atoms with Crippen molar-refractivity contribution < 1.29 is 4.74 Å². The first-order chi connectivity index (χ1) is 8.81. The molecule has 1 aromatic rings. The number of nitrogens with one attached hydrogen (secondary N) is 1. The molecule has 0 bridgehead atoms. The zero-order valence-corrected chi connectivity index (χ0v) is 11.6. The summed E-state index contributed by atoms with van der Waals surface area (Å²) in [6.45, 7) is 6.86. The van der Waals surface area contributed by atoms with Crippen LogP contribution in [0.1, 0.15) is 38.9 Å². The number of aromatic nitrogens is 2. The van der Waals surface area contributed by atoms with Crippen LogP contribution in [0.15, 0.2) is 12.4 Å². The Bertz CT molecular complexity index is 314. The summed E-state index contributed by atoms with van der Waals surface area (Å²) in [5, 5.41) is 0. The van der Waals surface area contributed by atoms with E-state index in [-0.39, 0.29) is 6.04 Å². The minimum Gasteiger partial charge on any atom is -0.381 e. The van der Waals surface area contributed by atoms with Gasteiger partial charge in [0.15, 0.2) is 0 Å². The van der Waals surface area contributed by atoms with Gasteiger partial charge in [0.2, 0.25) is 0 Å². The second-order valence-corrected chi connectivity index (χ2v) is 4.51. The molecule has 1 aromatic heterocycles. The minimum atomic E-state index is 0.222. The van der Waals surface area contributed by atoms with E-state index in [1.165, 1.54) is 0 Å². The molecule has 0 aliphatic rings. The Labute approximate surface area is 110 Å². The lowest BCUT2D eigenvalue weighted by Gasteiger charge is -2.16. The number of rotatable bonds is 10. The largest absolute Gasteiger partial charge is 0.381 e. The average molecular weight is 254 g/mol.